The summed E-state index contributed by atoms with van der Waals surface area (Å²) in [5, 5.41) is 2.78. The Kier molecular flexibility index (Phi) is 5.07. The molecule has 0 aliphatic heterocycles. The van der Waals surface area contributed by atoms with Crippen molar-refractivity contribution in [3.63, 3.8) is 0 Å². The first kappa shape index (κ1) is 17.3. The Hall–Kier alpha value is -3.48. The van der Waals surface area contributed by atoms with E-state index in [9.17, 15) is 4.79 Å². The first-order valence-electron chi connectivity index (χ1n) is 7.77. The molecule has 7 nitrogen and oxygen atoms in total. The van der Waals surface area contributed by atoms with Crippen molar-refractivity contribution in [2.24, 2.45) is 0 Å². The van der Waals surface area contributed by atoms with E-state index in [0.717, 1.165) is 0 Å². The van der Waals surface area contributed by atoms with Crippen LogP contribution in [0.4, 0.5) is 5.69 Å². The average molecular weight is 354 g/mol. The average Bonchev–Trinajstić information content (AvgIpc) is 3.18. The highest BCUT2D eigenvalue weighted by Crippen LogP contribution is 2.33. The van der Waals surface area contributed by atoms with Gasteiger partial charge in [0.25, 0.3) is 5.91 Å². The van der Waals surface area contributed by atoms with Crippen LogP contribution in [-0.2, 0) is 0 Å². The van der Waals surface area contributed by atoms with Crippen molar-refractivity contribution in [3.05, 3.63) is 54.6 Å². The molecule has 7 heteroatoms. The number of hydrogen-bond acceptors (Lipinski definition) is 6. The van der Waals surface area contributed by atoms with E-state index in [1.54, 1.807) is 63.8 Å². The van der Waals surface area contributed by atoms with Gasteiger partial charge in [-0.1, -0.05) is 0 Å². The number of oxazole rings is 1. The number of carbonyl (C=O) groups is 1. The third kappa shape index (κ3) is 3.46. The number of rotatable bonds is 6. The standard InChI is InChI=1S/C19H18N2O5/c1-23-14-7-5-13(6-8-14)21-19(22)17-18(26-11-20-17)12-4-9-15(24-2)16(10-12)25-3/h4-11H,1-3H3,(H,21,22). The second kappa shape index (κ2) is 7.60. The first-order valence-corrected chi connectivity index (χ1v) is 7.77. The fraction of sp³-hybridized carbons (Fsp3) is 0.158. The molecule has 0 aliphatic carbocycles. The maximum atomic E-state index is 12.6. The predicted molar refractivity (Wildman–Crippen MR) is 96.0 cm³/mol. The Morgan fingerprint density at radius 2 is 1.69 bits per heavy atom. The number of amides is 1. The maximum Gasteiger partial charge on any atom is 0.278 e. The smallest absolute Gasteiger partial charge is 0.278 e. The predicted octanol–water partition coefficient (Wildman–Crippen LogP) is 3.62. The summed E-state index contributed by atoms with van der Waals surface area (Å²) in [6.45, 7) is 0. The topological polar surface area (TPSA) is 82.8 Å². The van der Waals surface area contributed by atoms with Gasteiger partial charge in [-0.15, -0.1) is 0 Å². The van der Waals surface area contributed by atoms with Crippen LogP contribution >= 0.6 is 0 Å². The van der Waals surface area contributed by atoms with E-state index in [4.69, 9.17) is 18.6 Å². The summed E-state index contributed by atoms with van der Waals surface area (Å²) >= 11 is 0. The molecule has 0 spiro atoms. The van der Waals surface area contributed by atoms with Gasteiger partial charge in [0.2, 0.25) is 0 Å². The van der Waals surface area contributed by atoms with E-state index >= 15 is 0 Å². The minimum absolute atomic E-state index is 0.174. The molecule has 26 heavy (non-hydrogen) atoms. The summed E-state index contributed by atoms with van der Waals surface area (Å²) in [6.07, 6.45) is 1.23. The molecule has 0 atom stereocenters. The van der Waals surface area contributed by atoms with Crippen molar-refractivity contribution in [2.45, 2.75) is 0 Å². The van der Waals surface area contributed by atoms with Gasteiger partial charge in [-0.2, -0.15) is 0 Å². The van der Waals surface area contributed by atoms with E-state index in [1.807, 2.05) is 0 Å². The number of nitrogens with one attached hydrogen (secondary N) is 1. The Balaban J connectivity index is 1.86. The summed E-state index contributed by atoms with van der Waals surface area (Å²) in [5.74, 6) is 1.78. The number of benzene rings is 2. The van der Waals surface area contributed by atoms with Crippen molar-refractivity contribution >= 4 is 11.6 Å². The zero-order valence-corrected chi connectivity index (χ0v) is 14.6. The lowest BCUT2D eigenvalue weighted by Crippen LogP contribution is -2.13. The van der Waals surface area contributed by atoms with Crippen LogP contribution in [0.2, 0.25) is 0 Å². The fourth-order valence-corrected chi connectivity index (χ4v) is 2.45. The largest absolute Gasteiger partial charge is 0.497 e. The van der Waals surface area contributed by atoms with Crippen LogP contribution in [0.5, 0.6) is 17.2 Å². The van der Waals surface area contributed by atoms with Crippen LogP contribution in [0, 0.1) is 0 Å². The number of ether oxygens (including phenoxy) is 3. The Labute approximate surface area is 150 Å². The van der Waals surface area contributed by atoms with Gasteiger partial charge < -0.3 is 23.9 Å². The lowest BCUT2D eigenvalue weighted by atomic mass is 10.1. The highest BCUT2D eigenvalue weighted by molar-refractivity contribution is 6.06. The second-order valence-corrected chi connectivity index (χ2v) is 5.28. The number of hydrogen-bond donors (Lipinski definition) is 1. The van der Waals surface area contributed by atoms with Crippen LogP contribution in [0.15, 0.2) is 53.3 Å². The van der Waals surface area contributed by atoms with Gasteiger partial charge in [0, 0.05) is 11.3 Å². The monoisotopic (exact) mass is 354 g/mol. The van der Waals surface area contributed by atoms with Gasteiger partial charge in [-0.3, -0.25) is 4.79 Å². The molecule has 0 unspecified atom stereocenters. The van der Waals surface area contributed by atoms with Crippen LogP contribution in [0.1, 0.15) is 10.5 Å². The molecular weight excluding hydrogens is 336 g/mol. The van der Waals surface area contributed by atoms with Gasteiger partial charge in [-0.05, 0) is 42.5 Å². The normalized spacial score (nSPS) is 10.3. The van der Waals surface area contributed by atoms with Crippen molar-refractivity contribution < 1.29 is 23.4 Å². The van der Waals surface area contributed by atoms with Crippen LogP contribution in [0.3, 0.4) is 0 Å². The molecule has 1 aromatic heterocycles. The van der Waals surface area contributed by atoms with Gasteiger partial charge in [-0.25, -0.2) is 4.98 Å². The van der Waals surface area contributed by atoms with E-state index in [0.29, 0.717) is 34.3 Å². The molecule has 3 rings (SSSR count). The van der Waals surface area contributed by atoms with E-state index in [1.165, 1.54) is 6.39 Å². The Bertz CT molecular complexity index is 903. The minimum Gasteiger partial charge on any atom is -0.497 e. The van der Waals surface area contributed by atoms with Crippen LogP contribution in [0.25, 0.3) is 11.3 Å². The Morgan fingerprint density at radius 1 is 0.962 bits per heavy atom. The second-order valence-electron chi connectivity index (χ2n) is 5.28. The molecule has 0 bridgehead atoms. The summed E-state index contributed by atoms with van der Waals surface area (Å²) in [7, 11) is 4.68. The third-order valence-corrected chi connectivity index (χ3v) is 3.78. The van der Waals surface area contributed by atoms with Crippen molar-refractivity contribution in [1.82, 2.24) is 4.98 Å². The Morgan fingerprint density at radius 3 is 2.35 bits per heavy atom. The van der Waals surface area contributed by atoms with Crippen molar-refractivity contribution in [1.29, 1.82) is 0 Å². The fourth-order valence-electron chi connectivity index (χ4n) is 2.45. The molecule has 1 N–H and O–H groups in total. The quantitative estimate of drug-likeness (QED) is 0.728. The molecule has 0 radical (unpaired) electrons. The first-order chi connectivity index (χ1) is 12.7. The molecule has 1 heterocycles. The molecule has 0 aliphatic rings. The number of nitrogens with zero attached hydrogens (tertiary/aromatic N) is 1. The molecule has 0 saturated heterocycles. The number of carbonyl (C=O) groups excluding carboxylic acids is 1. The van der Waals surface area contributed by atoms with Gasteiger partial charge in [0.1, 0.15) is 5.75 Å². The van der Waals surface area contributed by atoms with Gasteiger partial charge >= 0.3 is 0 Å². The molecule has 3 aromatic rings. The van der Waals surface area contributed by atoms with Gasteiger partial charge in [0.05, 0.1) is 21.3 Å². The summed E-state index contributed by atoms with van der Waals surface area (Å²) < 4.78 is 21.0. The maximum absolute atomic E-state index is 12.6. The van der Waals surface area contributed by atoms with Crippen LogP contribution in [-0.4, -0.2) is 32.2 Å². The molecule has 2 aromatic carbocycles. The summed E-state index contributed by atoms with van der Waals surface area (Å²) in [5.41, 5.74) is 1.45. The number of anilines is 1. The molecular formula is C19H18N2O5. The lowest BCUT2D eigenvalue weighted by Gasteiger charge is -2.09. The van der Waals surface area contributed by atoms with E-state index in [-0.39, 0.29) is 11.6 Å². The SMILES string of the molecule is COc1ccc(NC(=O)c2ncoc2-c2ccc(OC)c(OC)c2)cc1. The molecule has 134 valence electrons. The zero-order valence-electron chi connectivity index (χ0n) is 14.6. The van der Waals surface area contributed by atoms with Crippen LogP contribution < -0.4 is 19.5 Å². The minimum atomic E-state index is -0.381. The molecule has 0 saturated carbocycles. The van der Waals surface area contributed by atoms with E-state index < -0.39 is 0 Å². The summed E-state index contributed by atoms with van der Waals surface area (Å²) in [4.78, 5) is 16.6. The molecule has 0 fully saturated rings. The van der Waals surface area contributed by atoms with Crippen molar-refractivity contribution in [3.8, 4) is 28.6 Å². The third-order valence-electron chi connectivity index (χ3n) is 3.78. The summed E-state index contributed by atoms with van der Waals surface area (Å²) in [6, 6.07) is 12.2. The lowest BCUT2D eigenvalue weighted by molar-refractivity contribution is 0.102. The number of methoxy groups -OCH3 is 3. The highest BCUT2D eigenvalue weighted by atomic mass is 16.5. The zero-order chi connectivity index (χ0) is 18.5. The number of aromatic nitrogens is 1. The van der Waals surface area contributed by atoms with Crippen molar-refractivity contribution in [2.75, 3.05) is 26.6 Å². The van der Waals surface area contributed by atoms with E-state index in [2.05, 4.69) is 10.3 Å². The van der Waals surface area contributed by atoms with Gasteiger partial charge in [0.15, 0.2) is 29.3 Å². The molecule has 1 amide bonds. The highest BCUT2D eigenvalue weighted by Gasteiger charge is 2.20.